The summed E-state index contributed by atoms with van der Waals surface area (Å²) in [6.07, 6.45) is -3.14. The average molecular weight is 378 g/mol. The lowest BCUT2D eigenvalue weighted by molar-refractivity contribution is -0.137. The monoisotopic (exact) mass is 378 g/mol. The fourth-order valence-corrected chi connectivity index (χ4v) is 2.57. The third-order valence-corrected chi connectivity index (χ3v) is 4.15. The summed E-state index contributed by atoms with van der Waals surface area (Å²) in [4.78, 5) is 16.6. The third kappa shape index (κ3) is 3.86. The Hall–Kier alpha value is -3.10. The maximum absolute atomic E-state index is 12.9. The maximum Gasteiger partial charge on any atom is 0.416 e. The minimum atomic E-state index is -4.45. The molecule has 2 aromatic heterocycles. The summed E-state index contributed by atoms with van der Waals surface area (Å²) in [6, 6.07) is 4.76. The summed E-state index contributed by atoms with van der Waals surface area (Å²) in [5.74, 6) is 0.633. The van der Waals surface area contributed by atoms with Gasteiger partial charge in [-0.05, 0) is 39.0 Å². The number of amides is 1. The molecule has 3 aromatic rings. The Morgan fingerprint density at radius 1 is 1.26 bits per heavy atom. The third-order valence-electron chi connectivity index (χ3n) is 4.15. The molecule has 0 atom stereocenters. The van der Waals surface area contributed by atoms with E-state index in [-0.39, 0.29) is 17.8 Å². The van der Waals surface area contributed by atoms with E-state index < -0.39 is 17.6 Å². The molecule has 0 aliphatic rings. The van der Waals surface area contributed by atoms with E-state index in [9.17, 15) is 18.0 Å². The molecule has 1 aromatic carbocycles. The van der Waals surface area contributed by atoms with Gasteiger partial charge in [0.15, 0.2) is 0 Å². The number of rotatable bonds is 4. The van der Waals surface area contributed by atoms with Crippen molar-refractivity contribution < 1.29 is 22.4 Å². The Labute approximate surface area is 153 Å². The van der Waals surface area contributed by atoms with Crippen molar-refractivity contribution in [1.29, 1.82) is 0 Å². The van der Waals surface area contributed by atoms with Gasteiger partial charge in [0, 0.05) is 0 Å². The van der Waals surface area contributed by atoms with Crippen molar-refractivity contribution in [2.24, 2.45) is 0 Å². The molecule has 0 fully saturated rings. The lowest BCUT2D eigenvalue weighted by atomic mass is 10.2. The van der Waals surface area contributed by atoms with Crippen LogP contribution < -0.4 is 5.32 Å². The first kappa shape index (κ1) is 18.7. The molecule has 0 aliphatic carbocycles. The number of benzene rings is 1. The van der Waals surface area contributed by atoms with Gasteiger partial charge < -0.3 is 9.73 Å². The molecule has 6 nitrogen and oxygen atoms in total. The minimum Gasteiger partial charge on any atom is -0.444 e. The summed E-state index contributed by atoms with van der Waals surface area (Å²) in [5.41, 5.74) is 0.864. The number of carbonyl (C=O) groups excluding carboxylic acids is 1. The topological polar surface area (TPSA) is 73.0 Å². The maximum atomic E-state index is 12.9. The van der Waals surface area contributed by atoms with E-state index in [0.29, 0.717) is 17.3 Å². The predicted molar refractivity (Wildman–Crippen MR) is 90.5 cm³/mol. The van der Waals surface area contributed by atoms with E-state index >= 15 is 0 Å². The molecule has 3 rings (SSSR count). The molecule has 2 heterocycles. The lowest BCUT2D eigenvalue weighted by Gasteiger charge is -2.10. The first-order valence-corrected chi connectivity index (χ1v) is 8.10. The van der Waals surface area contributed by atoms with E-state index in [1.807, 2.05) is 0 Å². The molecule has 0 saturated carbocycles. The number of nitrogens with one attached hydrogen (secondary N) is 1. The highest BCUT2D eigenvalue weighted by molar-refractivity contribution is 5.95. The van der Waals surface area contributed by atoms with E-state index in [0.717, 1.165) is 17.8 Å². The summed E-state index contributed by atoms with van der Waals surface area (Å²) >= 11 is 0. The van der Waals surface area contributed by atoms with Crippen LogP contribution >= 0.6 is 0 Å². The molecule has 0 radical (unpaired) electrons. The molecule has 27 heavy (non-hydrogen) atoms. The number of hydrogen-bond donors (Lipinski definition) is 1. The average Bonchev–Trinajstić information content (AvgIpc) is 3.14. The minimum absolute atomic E-state index is 0.0989. The number of halogens is 3. The van der Waals surface area contributed by atoms with Crippen LogP contribution in [0.25, 0.3) is 5.69 Å². The van der Waals surface area contributed by atoms with Crippen molar-refractivity contribution in [3.63, 3.8) is 0 Å². The number of nitrogens with zero attached hydrogens (tertiary/aromatic N) is 3. The molecular weight excluding hydrogens is 361 g/mol. The summed E-state index contributed by atoms with van der Waals surface area (Å²) < 4.78 is 45.4. The smallest absolute Gasteiger partial charge is 0.416 e. The van der Waals surface area contributed by atoms with Crippen LogP contribution in [0, 0.1) is 20.8 Å². The van der Waals surface area contributed by atoms with Crippen LogP contribution in [0.15, 0.2) is 34.9 Å². The van der Waals surface area contributed by atoms with Crippen molar-refractivity contribution in [2.45, 2.75) is 33.5 Å². The van der Waals surface area contributed by atoms with Gasteiger partial charge in [-0.25, -0.2) is 9.67 Å². The first-order chi connectivity index (χ1) is 12.7. The standard InChI is InChI=1S/C18H17F3N4O2/c1-10-12(3)27-16(24-10)9-22-17(26)15-8-23-25(11(15)2)14-6-4-5-13(7-14)18(19,20)21/h4-8H,9H2,1-3H3,(H,22,26). The molecule has 1 amide bonds. The molecule has 0 bridgehead atoms. The van der Waals surface area contributed by atoms with Gasteiger partial charge in [-0.1, -0.05) is 6.07 Å². The number of carbonyl (C=O) groups is 1. The Balaban J connectivity index is 1.79. The number of aromatic nitrogens is 3. The highest BCUT2D eigenvalue weighted by Crippen LogP contribution is 2.30. The van der Waals surface area contributed by atoms with Gasteiger partial charge in [0.2, 0.25) is 5.89 Å². The molecule has 0 saturated heterocycles. The molecule has 142 valence electrons. The van der Waals surface area contributed by atoms with Gasteiger partial charge in [-0.3, -0.25) is 4.79 Å². The van der Waals surface area contributed by atoms with Gasteiger partial charge in [0.1, 0.15) is 5.76 Å². The quantitative estimate of drug-likeness (QED) is 0.751. The molecule has 0 unspecified atom stereocenters. The van der Waals surface area contributed by atoms with E-state index in [1.165, 1.54) is 23.0 Å². The van der Waals surface area contributed by atoms with Crippen LogP contribution in [0.5, 0.6) is 0 Å². The largest absolute Gasteiger partial charge is 0.444 e. The van der Waals surface area contributed by atoms with Gasteiger partial charge in [0.05, 0.1) is 40.9 Å². The highest BCUT2D eigenvalue weighted by atomic mass is 19.4. The van der Waals surface area contributed by atoms with Crippen molar-refractivity contribution >= 4 is 5.91 Å². The summed E-state index contributed by atoms with van der Waals surface area (Å²) in [7, 11) is 0. The Morgan fingerprint density at radius 3 is 2.63 bits per heavy atom. The van der Waals surface area contributed by atoms with Gasteiger partial charge >= 0.3 is 6.18 Å². The highest BCUT2D eigenvalue weighted by Gasteiger charge is 2.30. The second-order valence-electron chi connectivity index (χ2n) is 6.04. The zero-order chi connectivity index (χ0) is 19.8. The SMILES string of the molecule is Cc1nc(CNC(=O)c2cnn(-c3cccc(C(F)(F)F)c3)c2C)oc1C. The van der Waals surface area contributed by atoms with Crippen molar-refractivity contribution in [3.05, 3.63) is 64.6 Å². The van der Waals surface area contributed by atoms with Crippen LogP contribution in [-0.2, 0) is 12.7 Å². The zero-order valence-electron chi connectivity index (χ0n) is 14.9. The van der Waals surface area contributed by atoms with E-state index in [4.69, 9.17) is 4.42 Å². The second kappa shape index (κ2) is 6.90. The van der Waals surface area contributed by atoms with Crippen LogP contribution in [0.1, 0.15) is 39.0 Å². The van der Waals surface area contributed by atoms with Gasteiger partial charge in [-0.2, -0.15) is 18.3 Å². The molecule has 1 N–H and O–H groups in total. The van der Waals surface area contributed by atoms with Crippen LogP contribution in [0.2, 0.25) is 0 Å². The molecule has 0 aliphatic heterocycles. The van der Waals surface area contributed by atoms with Crippen molar-refractivity contribution in [3.8, 4) is 5.69 Å². The van der Waals surface area contributed by atoms with Crippen LogP contribution in [0.4, 0.5) is 13.2 Å². The Bertz CT molecular complexity index is 969. The van der Waals surface area contributed by atoms with Crippen LogP contribution in [0.3, 0.4) is 0 Å². The fraction of sp³-hybridized carbons (Fsp3) is 0.278. The molecular formula is C18H17F3N4O2. The van der Waals surface area contributed by atoms with Crippen molar-refractivity contribution in [1.82, 2.24) is 20.1 Å². The lowest BCUT2D eigenvalue weighted by Crippen LogP contribution is -2.23. The Morgan fingerprint density at radius 2 is 2.00 bits per heavy atom. The zero-order valence-corrected chi connectivity index (χ0v) is 14.9. The normalized spacial score (nSPS) is 11.6. The fourth-order valence-electron chi connectivity index (χ4n) is 2.57. The second-order valence-corrected chi connectivity index (χ2v) is 6.04. The van der Waals surface area contributed by atoms with Gasteiger partial charge in [-0.15, -0.1) is 0 Å². The number of alkyl halides is 3. The van der Waals surface area contributed by atoms with E-state index in [1.54, 1.807) is 20.8 Å². The predicted octanol–water partition coefficient (Wildman–Crippen LogP) is 3.73. The summed E-state index contributed by atoms with van der Waals surface area (Å²) in [6.45, 7) is 5.29. The van der Waals surface area contributed by atoms with Gasteiger partial charge in [0.25, 0.3) is 5.91 Å². The summed E-state index contributed by atoms with van der Waals surface area (Å²) in [5, 5.41) is 6.72. The number of oxazole rings is 1. The number of aryl methyl sites for hydroxylation is 2. The van der Waals surface area contributed by atoms with Crippen molar-refractivity contribution in [2.75, 3.05) is 0 Å². The Kier molecular flexibility index (Phi) is 4.77. The van der Waals surface area contributed by atoms with Crippen LogP contribution in [-0.4, -0.2) is 20.7 Å². The number of hydrogen-bond acceptors (Lipinski definition) is 4. The van der Waals surface area contributed by atoms with E-state index in [2.05, 4.69) is 15.4 Å². The molecule has 0 spiro atoms. The first-order valence-electron chi connectivity index (χ1n) is 8.10. The molecule has 9 heteroatoms.